The molecule has 0 amide bonds. The Morgan fingerprint density at radius 1 is 1.31 bits per heavy atom. The second kappa shape index (κ2) is 5.44. The van der Waals surface area contributed by atoms with Crippen molar-refractivity contribution in [2.75, 3.05) is 6.54 Å². The van der Waals surface area contributed by atoms with Crippen LogP contribution in [0.15, 0.2) is 24.3 Å². The Bertz CT molecular complexity index is 314. The normalized spacial score (nSPS) is 23.0. The highest BCUT2D eigenvalue weighted by atomic mass is 19.1. The number of hydrogen-bond acceptors (Lipinski definition) is 1. The van der Waals surface area contributed by atoms with Gasteiger partial charge in [0.25, 0.3) is 0 Å². The van der Waals surface area contributed by atoms with Crippen LogP contribution in [0, 0.1) is 6.92 Å². The smallest absolute Gasteiger partial charge is 0.119 e. The second-order valence-electron chi connectivity index (χ2n) is 4.76. The molecule has 88 valence electrons. The van der Waals surface area contributed by atoms with E-state index in [4.69, 9.17) is 0 Å². The van der Waals surface area contributed by atoms with Crippen LogP contribution in [0.2, 0.25) is 0 Å². The summed E-state index contributed by atoms with van der Waals surface area (Å²) in [6, 6.07) is 8.23. The summed E-state index contributed by atoms with van der Waals surface area (Å²) in [5.74, 6) is 0. The summed E-state index contributed by atoms with van der Waals surface area (Å²) in [6.07, 6.45) is 3.12. The van der Waals surface area contributed by atoms with Gasteiger partial charge in [-0.3, -0.25) is 0 Å². The van der Waals surface area contributed by atoms with Crippen LogP contribution in [-0.4, -0.2) is 18.8 Å². The van der Waals surface area contributed by atoms with Crippen LogP contribution in [0.5, 0.6) is 0 Å². The number of aryl methyl sites for hydroxylation is 1. The molecule has 2 rings (SSSR count). The van der Waals surface area contributed by atoms with Gasteiger partial charge in [0.05, 0.1) is 0 Å². The number of nitrogens with one attached hydrogen (secondary N) is 1. The molecule has 0 bridgehead atoms. The Morgan fingerprint density at radius 3 is 2.69 bits per heavy atom. The van der Waals surface area contributed by atoms with E-state index in [1.54, 1.807) is 0 Å². The molecule has 1 aromatic rings. The molecule has 0 spiro atoms. The van der Waals surface area contributed by atoms with E-state index in [0.717, 1.165) is 24.9 Å². The average Bonchev–Trinajstić information content (AvgIpc) is 2.33. The Morgan fingerprint density at radius 2 is 2.06 bits per heavy atom. The molecule has 1 aliphatic rings. The maximum Gasteiger partial charge on any atom is 0.119 e. The molecule has 2 heteroatoms. The lowest BCUT2D eigenvalue weighted by atomic mass is 9.96. The molecule has 1 saturated heterocycles. The molecule has 1 nitrogen and oxygen atoms in total. The van der Waals surface area contributed by atoms with E-state index < -0.39 is 6.17 Å². The number of benzene rings is 1. The number of piperidine rings is 1. The number of hydrogen-bond donors (Lipinski definition) is 1. The van der Waals surface area contributed by atoms with Crippen molar-refractivity contribution in [1.29, 1.82) is 0 Å². The molecule has 0 aromatic heterocycles. The molecule has 16 heavy (non-hydrogen) atoms. The Labute approximate surface area is 97.1 Å². The van der Waals surface area contributed by atoms with Crippen molar-refractivity contribution in [2.45, 2.75) is 44.8 Å². The SMILES string of the molecule is Cc1ccc(CC(F)C2CCCCN2)cc1. The summed E-state index contributed by atoms with van der Waals surface area (Å²) in [6.45, 7) is 3.03. The molecule has 1 fully saturated rings. The van der Waals surface area contributed by atoms with Gasteiger partial charge < -0.3 is 5.32 Å². The largest absolute Gasteiger partial charge is 0.311 e. The third-order valence-electron chi connectivity index (χ3n) is 3.34. The van der Waals surface area contributed by atoms with E-state index in [1.165, 1.54) is 12.0 Å². The summed E-state index contributed by atoms with van der Waals surface area (Å²) in [7, 11) is 0. The molecule has 1 aliphatic heterocycles. The number of alkyl halides is 1. The minimum Gasteiger partial charge on any atom is -0.311 e. The van der Waals surface area contributed by atoms with Crippen LogP contribution in [-0.2, 0) is 6.42 Å². The van der Waals surface area contributed by atoms with Gasteiger partial charge in [-0.2, -0.15) is 0 Å². The third kappa shape index (κ3) is 3.05. The summed E-state index contributed by atoms with van der Waals surface area (Å²) in [5, 5.41) is 3.28. The zero-order valence-corrected chi connectivity index (χ0v) is 9.88. The third-order valence-corrected chi connectivity index (χ3v) is 3.34. The maximum absolute atomic E-state index is 14.0. The first-order valence-electron chi connectivity index (χ1n) is 6.19. The lowest BCUT2D eigenvalue weighted by molar-refractivity contribution is 0.217. The van der Waals surface area contributed by atoms with Crippen LogP contribution in [0.4, 0.5) is 4.39 Å². The van der Waals surface area contributed by atoms with Gasteiger partial charge >= 0.3 is 0 Å². The minimum absolute atomic E-state index is 0.0649. The van der Waals surface area contributed by atoms with Crippen LogP contribution in [0.25, 0.3) is 0 Å². The Hall–Kier alpha value is -0.890. The van der Waals surface area contributed by atoms with E-state index in [2.05, 4.69) is 24.4 Å². The highest BCUT2D eigenvalue weighted by Crippen LogP contribution is 2.17. The molecular formula is C14H20FN. The van der Waals surface area contributed by atoms with Gasteiger partial charge in [0.2, 0.25) is 0 Å². The highest BCUT2D eigenvalue weighted by molar-refractivity contribution is 5.22. The van der Waals surface area contributed by atoms with Crippen LogP contribution < -0.4 is 5.32 Å². The van der Waals surface area contributed by atoms with Gasteiger partial charge in [-0.25, -0.2) is 4.39 Å². The van der Waals surface area contributed by atoms with E-state index >= 15 is 0 Å². The second-order valence-corrected chi connectivity index (χ2v) is 4.76. The Balaban J connectivity index is 1.90. The van der Waals surface area contributed by atoms with Crippen molar-refractivity contribution in [1.82, 2.24) is 5.32 Å². The minimum atomic E-state index is -0.747. The predicted octanol–water partition coefficient (Wildman–Crippen LogP) is 3.02. The first kappa shape index (κ1) is 11.6. The van der Waals surface area contributed by atoms with Gasteiger partial charge in [-0.05, 0) is 31.9 Å². The molecule has 0 radical (unpaired) electrons. The molecule has 2 unspecified atom stereocenters. The molecule has 1 heterocycles. The van der Waals surface area contributed by atoms with Crippen molar-refractivity contribution >= 4 is 0 Å². The van der Waals surface area contributed by atoms with Gasteiger partial charge in [0.15, 0.2) is 0 Å². The monoisotopic (exact) mass is 221 g/mol. The molecule has 2 atom stereocenters. The van der Waals surface area contributed by atoms with Crippen molar-refractivity contribution < 1.29 is 4.39 Å². The Kier molecular flexibility index (Phi) is 3.94. The molecule has 0 saturated carbocycles. The highest BCUT2D eigenvalue weighted by Gasteiger charge is 2.22. The molecular weight excluding hydrogens is 201 g/mol. The summed E-state index contributed by atoms with van der Waals surface area (Å²) in [4.78, 5) is 0. The van der Waals surface area contributed by atoms with E-state index in [9.17, 15) is 4.39 Å². The summed E-state index contributed by atoms with van der Waals surface area (Å²) < 4.78 is 14.0. The van der Waals surface area contributed by atoms with Crippen LogP contribution >= 0.6 is 0 Å². The van der Waals surface area contributed by atoms with Crippen molar-refractivity contribution in [3.63, 3.8) is 0 Å². The summed E-state index contributed by atoms with van der Waals surface area (Å²) in [5.41, 5.74) is 2.33. The first-order chi connectivity index (χ1) is 7.75. The van der Waals surface area contributed by atoms with Crippen molar-refractivity contribution in [2.24, 2.45) is 0 Å². The zero-order chi connectivity index (χ0) is 11.4. The summed E-state index contributed by atoms with van der Waals surface area (Å²) >= 11 is 0. The van der Waals surface area contributed by atoms with Crippen LogP contribution in [0.1, 0.15) is 30.4 Å². The standard InChI is InChI=1S/C14H20FN/c1-11-5-7-12(8-6-11)10-13(15)14-4-2-3-9-16-14/h5-8,13-14,16H,2-4,9-10H2,1H3. The molecule has 1 aromatic carbocycles. The van der Waals surface area contributed by atoms with Gasteiger partial charge in [-0.1, -0.05) is 36.2 Å². The fourth-order valence-electron chi connectivity index (χ4n) is 2.28. The lowest BCUT2D eigenvalue weighted by Gasteiger charge is -2.26. The van der Waals surface area contributed by atoms with E-state index in [-0.39, 0.29) is 6.04 Å². The predicted molar refractivity (Wildman–Crippen MR) is 65.4 cm³/mol. The lowest BCUT2D eigenvalue weighted by Crippen LogP contribution is -2.42. The first-order valence-corrected chi connectivity index (χ1v) is 6.19. The van der Waals surface area contributed by atoms with Crippen molar-refractivity contribution in [3.8, 4) is 0 Å². The van der Waals surface area contributed by atoms with E-state index in [1.807, 2.05) is 12.1 Å². The topological polar surface area (TPSA) is 12.0 Å². The fraction of sp³-hybridized carbons (Fsp3) is 0.571. The van der Waals surface area contributed by atoms with Gasteiger partial charge in [0, 0.05) is 12.5 Å². The van der Waals surface area contributed by atoms with Gasteiger partial charge in [0.1, 0.15) is 6.17 Å². The van der Waals surface area contributed by atoms with Crippen molar-refractivity contribution in [3.05, 3.63) is 35.4 Å². The fourth-order valence-corrected chi connectivity index (χ4v) is 2.28. The zero-order valence-electron chi connectivity index (χ0n) is 9.88. The quantitative estimate of drug-likeness (QED) is 0.827. The number of halogens is 1. The molecule has 1 N–H and O–H groups in total. The maximum atomic E-state index is 14.0. The van der Waals surface area contributed by atoms with Crippen LogP contribution in [0.3, 0.4) is 0 Å². The average molecular weight is 221 g/mol. The number of rotatable bonds is 3. The van der Waals surface area contributed by atoms with Gasteiger partial charge in [-0.15, -0.1) is 0 Å². The van der Waals surface area contributed by atoms with E-state index in [0.29, 0.717) is 6.42 Å². The molecule has 0 aliphatic carbocycles.